The first kappa shape index (κ1) is 21.8. The third-order valence-corrected chi connectivity index (χ3v) is 4.11. The average molecular weight is 436 g/mol. The second-order valence-corrected chi connectivity index (χ2v) is 5.97. The standard InChI is InChI=1S/C17H22O2.2Y/c1-10(2)13-6-5-11(3)7-14(13)17-15(18)8-12(4)9-16(17)19;;/h7,10,13-14,18-19H,5-6H2,1-4H3;;/q-2;;. The molecule has 0 aliphatic heterocycles. The zero-order valence-electron chi connectivity index (χ0n) is 13.3. The van der Waals surface area contributed by atoms with Crippen LogP contribution in [-0.2, 0) is 65.4 Å². The third kappa shape index (κ3) is 5.13. The van der Waals surface area contributed by atoms with Crippen LogP contribution in [0.1, 0.15) is 50.7 Å². The molecule has 0 amide bonds. The number of rotatable bonds is 2. The van der Waals surface area contributed by atoms with E-state index in [0.29, 0.717) is 23.0 Å². The minimum Gasteiger partial charge on any atom is -0.557 e. The van der Waals surface area contributed by atoms with Gasteiger partial charge in [-0.1, -0.05) is 38.3 Å². The molecular weight excluding hydrogens is 414 g/mol. The normalized spacial score (nSPS) is 21.3. The molecule has 2 rings (SSSR count). The summed E-state index contributed by atoms with van der Waals surface area (Å²) in [6.07, 6.45) is 4.37. The summed E-state index contributed by atoms with van der Waals surface area (Å²) in [4.78, 5) is 0. The first-order chi connectivity index (χ1) is 8.90. The number of allylic oxidation sites excluding steroid dienone is 2. The number of hydrogen-bond donors (Lipinski definition) is 2. The molecule has 2 atom stereocenters. The van der Waals surface area contributed by atoms with Crippen molar-refractivity contribution < 1.29 is 75.6 Å². The minimum atomic E-state index is 0. The smallest absolute Gasteiger partial charge is 0 e. The van der Waals surface area contributed by atoms with Crippen molar-refractivity contribution in [2.45, 2.75) is 46.5 Å². The van der Waals surface area contributed by atoms with Crippen molar-refractivity contribution in [3.05, 3.63) is 34.9 Å². The van der Waals surface area contributed by atoms with Crippen LogP contribution >= 0.6 is 0 Å². The molecule has 1 aromatic carbocycles. The Labute approximate surface area is 178 Å². The van der Waals surface area contributed by atoms with Gasteiger partial charge in [0.25, 0.3) is 0 Å². The Morgan fingerprint density at radius 2 is 1.62 bits per heavy atom. The van der Waals surface area contributed by atoms with Crippen molar-refractivity contribution in [3.8, 4) is 11.5 Å². The van der Waals surface area contributed by atoms with Crippen LogP contribution in [0.3, 0.4) is 0 Å². The van der Waals surface area contributed by atoms with Crippen molar-refractivity contribution >= 4 is 0 Å². The van der Waals surface area contributed by atoms with Crippen molar-refractivity contribution in [1.29, 1.82) is 0 Å². The summed E-state index contributed by atoms with van der Waals surface area (Å²) in [5.41, 5.74) is 2.54. The van der Waals surface area contributed by atoms with Gasteiger partial charge in [-0.15, -0.1) is 11.5 Å². The van der Waals surface area contributed by atoms with E-state index in [2.05, 4.69) is 39.0 Å². The van der Waals surface area contributed by atoms with Crippen LogP contribution in [0.15, 0.2) is 11.6 Å². The molecule has 0 fully saturated rings. The third-order valence-electron chi connectivity index (χ3n) is 4.11. The average Bonchev–Trinajstić information content (AvgIpc) is 2.27. The van der Waals surface area contributed by atoms with Gasteiger partial charge in [-0.25, -0.2) is 0 Å². The molecule has 21 heavy (non-hydrogen) atoms. The Bertz CT molecular complexity index is 487. The van der Waals surface area contributed by atoms with Gasteiger partial charge in [-0.3, -0.25) is 5.56 Å². The Morgan fingerprint density at radius 1 is 1.10 bits per heavy atom. The second kappa shape index (κ2) is 9.16. The number of aryl methyl sites for hydroxylation is 1. The molecule has 2 radical (unpaired) electrons. The van der Waals surface area contributed by atoms with Crippen LogP contribution in [0.5, 0.6) is 11.5 Å². The molecule has 0 saturated carbocycles. The molecule has 2 N–H and O–H groups in total. The van der Waals surface area contributed by atoms with Gasteiger partial charge in [0.2, 0.25) is 0 Å². The summed E-state index contributed by atoms with van der Waals surface area (Å²) < 4.78 is 0. The maximum Gasteiger partial charge on any atom is 0 e. The molecule has 0 spiro atoms. The summed E-state index contributed by atoms with van der Waals surface area (Å²) in [5, 5.41) is 20.3. The Kier molecular flexibility index (Phi) is 9.49. The molecule has 2 nitrogen and oxygen atoms in total. The summed E-state index contributed by atoms with van der Waals surface area (Å²) in [5.74, 6) is 1.13. The zero-order chi connectivity index (χ0) is 14.2. The fourth-order valence-electron chi connectivity index (χ4n) is 3.08. The van der Waals surface area contributed by atoms with Gasteiger partial charge in [-0.2, -0.15) is 5.56 Å². The fraction of sp³-hybridized carbons (Fsp3) is 0.529. The first-order valence-corrected chi connectivity index (χ1v) is 6.94. The summed E-state index contributed by atoms with van der Waals surface area (Å²) in [7, 11) is 0. The molecule has 0 heterocycles. The number of phenols is 2. The predicted molar refractivity (Wildman–Crippen MR) is 76.2 cm³/mol. The Hall–Kier alpha value is 0.768. The van der Waals surface area contributed by atoms with Crippen molar-refractivity contribution in [3.63, 3.8) is 0 Å². The second-order valence-electron chi connectivity index (χ2n) is 5.97. The van der Waals surface area contributed by atoms with E-state index in [4.69, 9.17) is 0 Å². The molecule has 4 heteroatoms. The first-order valence-electron chi connectivity index (χ1n) is 6.94. The maximum absolute atomic E-state index is 10.1. The SMILES string of the molecule is CC1=CC(c2c(O)[c-]c(C)[c-]c2O)C(C(C)C)CC1.[Y].[Y]. The molecule has 0 bridgehead atoms. The van der Waals surface area contributed by atoms with Crippen molar-refractivity contribution in [1.82, 2.24) is 0 Å². The molecular formula is C17H22O2Y2-2. The zero-order valence-corrected chi connectivity index (χ0v) is 18.9. The van der Waals surface area contributed by atoms with E-state index >= 15 is 0 Å². The fourth-order valence-corrected chi connectivity index (χ4v) is 3.08. The summed E-state index contributed by atoms with van der Waals surface area (Å²) >= 11 is 0. The molecule has 1 aliphatic carbocycles. The number of hydrogen-bond acceptors (Lipinski definition) is 2. The van der Waals surface area contributed by atoms with Crippen LogP contribution in [0.2, 0.25) is 0 Å². The molecule has 1 aromatic rings. The topological polar surface area (TPSA) is 40.5 Å². The van der Waals surface area contributed by atoms with E-state index in [9.17, 15) is 10.2 Å². The van der Waals surface area contributed by atoms with Gasteiger partial charge >= 0.3 is 0 Å². The van der Waals surface area contributed by atoms with Gasteiger partial charge in [0.15, 0.2) is 0 Å². The molecule has 110 valence electrons. The maximum atomic E-state index is 10.1. The van der Waals surface area contributed by atoms with E-state index in [1.807, 2.05) is 0 Å². The Balaban J connectivity index is 0.00000200. The predicted octanol–water partition coefficient (Wildman–Crippen LogP) is 4.10. The van der Waals surface area contributed by atoms with Gasteiger partial charge < -0.3 is 22.3 Å². The minimum absolute atomic E-state index is 0. The van der Waals surface area contributed by atoms with E-state index in [1.54, 1.807) is 6.92 Å². The number of aromatic hydroxyl groups is 2. The summed E-state index contributed by atoms with van der Waals surface area (Å²) in [6.45, 7) is 8.27. The van der Waals surface area contributed by atoms with E-state index in [1.165, 1.54) is 5.57 Å². The van der Waals surface area contributed by atoms with Crippen LogP contribution in [0, 0.1) is 30.9 Å². The van der Waals surface area contributed by atoms with Crippen LogP contribution in [-0.4, -0.2) is 10.2 Å². The van der Waals surface area contributed by atoms with Crippen LogP contribution in [0.4, 0.5) is 0 Å². The molecule has 0 aromatic heterocycles. The monoisotopic (exact) mass is 436 g/mol. The van der Waals surface area contributed by atoms with Crippen molar-refractivity contribution in [2.75, 3.05) is 0 Å². The van der Waals surface area contributed by atoms with Crippen LogP contribution in [0.25, 0.3) is 0 Å². The summed E-state index contributed by atoms with van der Waals surface area (Å²) in [6, 6.07) is 5.72. The van der Waals surface area contributed by atoms with Gasteiger partial charge in [-0.05, 0) is 31.6 Å². The quantitative estimate of drug-likeness (QED) is 0.542. The number of phenolic OH excluding ortho intramolecular Hbond substituents is 2. The Morgan fingerprint density at radius 3 is 2.10 bits per heavy atom. The van der Waals surface area contributed by atoms with Crippen LogP contribution < -0.4 is 0 Å². The van der Waals surface area contributed by atoms with Gasteiger partial charge in [0, 0.05) is 65.4 Å². The van der Waals surface area contributed by atoms with E-state index in [-0.39, 0.29) is 82.8 Å². The van der Waals surface area contributed by atoms with E-state index in [0.717, 1.165) is 12.8 Å². The molecule has 2 unspecified atom stereocenters. The van der Waals surface area contributed by atoms with E-state index < -0.39 is 0 Å². The molecule has 1 aliphatic rings. The largest absolute Gasteiger partial charge is 0.557 e. The van der Waals surface area contributed by atoms with Gasteiger partial charge in [0.1, 0.15) is 0 Å². The van der Waals surface area contributed by atoms with Crippen molar-refractivity contribution in [2.24, 2.45) is 11.8 Å². The number of benzene rings is 1. The molecule has 0 saturated heterocycles. The van der Waals surface area contributed by atoms with Gasteiger partial charge in [0.05, 0.1) is 0 Å².